The second-order valence-corrected chi connectivity index (χ2v) is 3.49. The van der Waals surface area contributed by atoms with Crippen molar-refractivity contribution in [2.45, 2.75) is 26.7 Å². The van der Waals surface area contributed by atoms with Gasteiger partial charge in [-0.3, -0.25) is 10.1 Å². The minimum atomic E-state index is 0.740. The maximum Gasteiger partial charge on any atom is 0.182 e. The summed E-state index contributed by atoms with van der Waals surface area (Å²) in [4.78, 5) is 8.64. The van der Waals surface area contributed by atoms with Crippen molar-refractivity contribution in [3.05, 3.63) is 29.8 Å². The zero-order valence-electron chi connectivity index (χ0n) is 8.99. The van der Waals surface area contributed by atoms with Crippen molar-refractivity contribution in [1.82, 2.24) is 20.2 Å². The first-order chi connectivity index (χ1) is 7.31. The van der Waals surface area contributed by atoms with Crippen LogP contribution in [0.1, 0.15) is 24.9 Å². The molecule has 0 saturated carbocycles. The molecule has 2 rings (SSSR count). The van der Waals surface area contributed by atoms with Crippen molar-refractivity contribution >= 4 is 0 Å². The van der Waals surface area contributed by atoms with Gasteiger partial charge in [0.25, 0.3) is 0 Å². The SMILES string of the molecule is CCCc1nc(-c2cccnc2C)n[nH]1. The minimum Gasteiger partial charge on any atom is -0.263 e. The van der Waals surface area contributed by atoms with E-state index >= 15 is 0 Å². The van der Waals surface area contributed by atoms with E-state index < -0.39 is 0 Å². The van der Waals surface area contributed by atoms with Crippen LogP contribution in [-0.4, -0.2) is 20.2 Å². The van der Waals surface area contributed by atoms with Crippen LogP contribution in [0.25, 0.3) is 11.4 Å². The smallest absolute Gasteiger partial charge is 0.182 e. The third kappa shape index (κ3) is 2.03. The Morgan fingerprint density at radius 3 is 3.00 bits per heavy atom. The largest absolute Gasteiger partial charge is 0.263 e. The Hall–Kier alpha value is -1.71. The molecular weight excluding hydrogens is 188 g/mol. The Balaban J connectivity index is 2.33. The molecule has 0 bridgehead atoms. The molecule has 2 heterocycles. The van der Waals surface area contributed by atoms with Crippen molar-refractivity contribution in [2.24, 2.45) is 0 Å². The van der Waals surface area contributed by atoms with Gasteiger partial charge in [0.2, 0.25) is 0 Å². The van der Waals surface area contributed by atoms with Gasteiger partial charge in [0.15, 0.2) is 5.82 Å². The van der Waals surface area contributed by atoms with Gasteiger partial charge >= 0.3 is 0 Å². The third-order valence-electron chi connectivity index (χ3n) is 2.27. The second-order valence-electron chi connectivity index (χ2n) is 3.49. The highest BCUT2D eigenvalue weighted by atomic mass is 15.2. The summed E-state index contributed by atoms with van der Waals surface area (Å²) in [7, 11) is 0. The molecule has 78 valence electrons. The van der Waals surface area contributed by atoms with E-state index in [2.05, 4.69) is 27.1 Å². The number of H-pyrrole nitrogens is 1. The van der Waals surface area contributed by atoms with Crippen LogP contribution in [0.5, 0.6) is 0 Å². The zero-order valence-corrected chi connectivity index (χ0v) is 8.99. The zero-order chi connectivity index (χ0) is 10.7. The van der Waals surface area contributed by atoms with E-state index in [9.17, 15) is 0 Å². The molecule has 0 saturated heterocycles. The van der Waals surface area contributed by atoms with Gasteiger partial charge in [-0.2, -0.15) is 5.10 Å². The highest BCUT2D eigenvalue weighted by Gasteiger charge is 2.07. The van der Waals surface area contributed by atoms with Gasteiger partial charge in [-0.1, -0.05) is 6.92 Å². The summed E-state index contributed by atoms with van der Waals surface area (Å²) >= 11 is 0. The lowest BCUT2D eigenvalue weighted by molar-refractivity contribution is 0.841. The normalized spacial score (nSPS) is 10.5. The Labute approximate surface area is 88.8 Å². The Morgan fingerprint density at radius 2 is 2.27 bits per heavy atom. The number of aryl methyl sites for hydroxylation is 2. The summed E-state index contributed by atoms with van der Waals surface area (Å²) in [6.45, 7) is 4.09. The maximum absolute atomic E-state index is 4.42. The number of hydrogen-bond acceptors (Lipinski definition) is 3. The van der Waals surface area contributed by atoms with Crippen molar-refractivity contribution in [1.29, 1.82) is 0 Å². The number of aromatic nitrogens is 4. The molecule has 4 heteroatoms. The molecule has 2 aromatic heterocycles. The predicted molar refractivity (Wildman–Crippen MR) is 58.3 cm³/mol. The molecule has 0 amide bonds. The summed E-state index contributed by atoms with van der Waals surface area (Å²) in [5, 5.41) is 7.13. The molecule has 4 nitrogen and oxygen atoms in total. The molecule has 0 spiro atoms. The quantitative estimate of drug-likeness (QED) is 0.829. The van der Waals surface area contributed by atoms with E-state index in [-0.39, 0.29) is 0 Å². The third-order valence-corrected chi connectivity index (χ3v) is 2.27. The molecule has 0 aliphatic heterocycles. The number of pyridine rings is 1. The first-order valence-electron chi connectivity index (χ1n) is 5.14. The lowest BCUT2D eigenvalue weighted by Crippen LogP contribution is -1.89. The number of nitrogens with one attached hydrogen (secondary N) is 1. The molecule has 0 aliphatic rings. The van der Waals surface area contributed by atoms with Crippen LogP contribution in [0.3, 0.4) is 0 Å². The molecule has 0 aromatic carbocycles. The Morgan fingerprint density at radius 1 is 1.40 bits per heavy atom. The van der Waals surface area contributed by atoms with E-state index in [1.54, 1.807) is 6.20 Å². The highest BCUT2D eigenvalue weighted by Crippen LogP contribution is 2.16. The van der Waals surface area contributed by atoms with Crippen molar-refractivity contribution in [3.63, 3.8) is 0 Å². The molecule has 0 aliphatic carbocycles. The molecule has 15 heavy (non-hydrogen) atoms. The Bertz CT molecular complexity index is 447. The van der Waals surface area contributed by atoms with Crippen LogP contribution in [0.15, 0.2) is 18.3 Å². The van der Waals surface area contributed by atoms with E-state index in [1.807, 2.05) is 19.1 Å². The predicted octanol–water partition coefficient (Wildman–Crippen LogP) is 2.13. The summed E-state index contributed by atoms with van der Waals surface area (Å²) in [5.41, 5.74) is 1.95. The first-order valence-corrected chi connectivity index (χ1v) is 5.14. The fourth-order valence-electron chi connectivity index (χ4n) is 1.48. The lowest BCUT2D eigenvalue weighted by Gasteiger charge is -1.97. The highest BCUT2D eigenvalue weighted by molar-refractivity contribution is 5.56. The first kappa shape index (κ1) is 9.83. The number of rotatable bonds is 3. The van der Waals surface area contributed by atoms with Gasteiger partial charge < -0.3 is 0 Å². The van der Waals surface area contributed by atoms with Crippen LogP contribution in [0.4, 0.5) is 0 Å². The van der Waals surface area contributed by atoms with Crippen LogP contribution >= 0.6 is 0 Å². The van der Waals surface area contributed by atoms with Gasteiger partial charge in [0.05, 0.1) is 0 Å². The second kappa shape index (κ2) is 4.21. The number of aromatic amines is 1. The van der Waals surface area contributed by atoms with E-state index in [1.165, 1.54) is 0 Å². The molecule has 0 fully saturated rings. The number of hydrogen-bond donors (Lipinski definition) is 1. The summed E-state index contributed by atoms with van der Waals surface area (Å²) in [6, 6.07) is 3.89. The standard InChI is InChI=1S/C11H14N4/c1-3-5-10-13-11(15-14-10)9-6-4-7-12-8(9)2/h4,6-7H,3,5H2,1-2H3,(H,13,14,15). The van der Waals surface area contributed by atoms with Gasteiger partial charge in [-0.15, -0.1) is 0 Å². The average Bonchev–Trinajstić information content (AvgIpc) is 2.68. The van der Waals surface area contributed by atoms with Crippen molar-refractivity contribution in [2.75, 3.05) is 0 Å². The van der Waals surface area contributed by atoms with E-state index in [0.29, 0.717) is 0 Å². The van der Waals surface area contributed by atoms with Crippen molar-refractivity contribution < 1.29 is 0 Å². The van der Waals surface area contributed by atoms with E-state index in [4.69, 9.17) is 0 Å². The van der Waals surface area contributed by atoms with Gasteiger partial charge in [-0.25, -0.2) is 4.98 Å². The Kier molecular flexibility index (Phi) is 2.76. The monoisotopic (exact) mass is 202 g/mol. The summed E-state index contributed by atoms with van der Waals surface area (Å²) < 4.78 is 0. The number of nitrogens with zero attached hydrogens (tertiary/aromatic N) is 3. The summed E-state index contributed by atoms with van der Waals surface area (Å²) in [6.07, 6.45) is 3.78. The maximum atomic E-state index is 4.42. The van der Waals surface area contributed by atoms with Gasteiger partial charge in [-0.05, 0) is 25.5 Å². The van der Waals surface area contributed by atoms with Crippen LogP contribution in [0, 0.1) is 6.92 Å². The molecule has 0 atom stereocenters. The fraction of sp³-hybridized carbons (Fsp3) is 0.364. The van der Waals surface area contributed by atoms with Crippen LogP contribution < -0.4 is 0 Å². The lowest BCUT2D eigenvalue weighted by atomic mass is 10.2. The average molecular weight is 202 g/mol. The molecule has 1 N–H and O–H groups in total. The van der Waals surface area contributed by atoms with Gasteiger partial charge in [0, 0.05) is 23.9 Å². The molecule has 2 aromatic rings. The van der Waals surface area contributed by atoms with E-state index in [0.717, 1.165) is 35.7 Å². The topological polar surface area (TPSA) is 54.5 Å². The van der Waals surface area contributed by atoms with Crippen LogP contribution in [-0.2, 0) is 6.42 Å². The van der Waals surface area contributed by atoms with Crippen molar-refractivity contribution in [3.8, 4) is 11.4 Å². The molecule has 0 radical (unpaired) electrons. The van der Waals surface area contributed by atoms with Gasteiger partial charge in [0.1, 0.15) is 5.82 Å². The fourth-order valence-corrected chi connectivity index (χ4v) is 1.48. The molecular formula is C11H14N4. The minimum absolute atomic E-state index is 0.740. The summed E-state index contributed by atoms with van der Waals surface area (Å²) in [5.74, 6) is 1.68. The molecule has 0 unspecified atom stereocenters. The van der Waals surface area contributed by atoms with Crippen LogP contribution in [0.2, 0.25) is 0 Å².